The Morgan fingerprint density at radius 1 is 1.07 bits per heavy atom. The molecule has 0 aliphatic heterocycles. The predicted molar refractivity (Wildman–Crippen MR) is 169 cm³/mol. The number of halogens is 3. The van der Waals surface area contributed by atoms with Crippen molar-refractivity contribution in [3.05, 3.63) is 115 Å². The first-order valence-electron chi connectivity index (χ1n) is 14.5. The van der Waals surface area contributed by atoms with Gasteiger partial charge in [-0.05, 0) is 84.2 Å². The first-order chi connectivity index (χ1) is 21.3. The largest absolute Gasteiger partial charge is 0.488 e. The molecule has 4 aromatic rings. The molecule has 44 heavy (non-hydrogen) atoms. The number of ether oxygens (including phenoxy) is 2. The van der Waals surface area contributed by atoms with Crippen molar-refractivity contribution in [2.45, 2.75) is 37.7 Å². The van der Waals surface area contributed by atoms with Crippen molar-refractivity contribution in [3.63, 3.8) is 0 Å². The number of allylic oxidation sites excluding steroid dienone is 6. The summed E-state index contributed by atoms with van der Waals surface area (Å²) in [5.74, 6) is 2.03. The zero-order valence-electron chi connectivity index (χ0n) is 23.9. The maximum absolute atomic E-state index is 12.2. The van der Waals surface area contributed by atoms with Crippen LogP contribution >= 0.6 is 34.8 Å². The number of methoxy groups -OCH3 is 1. The molecule has 0 N–H and O–H groups in total. The summed E-state index contributed by atoms with van der Waals surface area (Å²) >= 11 is 20.1. The fourth-order valence-corrected chi connectivity index (χ4v) is 7.10. The molecule has 2 saturated carbocycles. The number of esters is 1. The van der Waals surface area contributed by atoms with Crippen molar-refractivity contribution in [2.24, 2.45) is 13.0 Å². The monoisotopic (exact) mass is 645 g/mol. The lowest BCUT2D eigenvalue weighted by Crippen LogP contribution is -2.03. The summed E-state index contributed by atoms with van der Waals surface area (Å²) in [5, 5.41) is 11.2. The van der Waals surface area contributed by atoms with E-state index in [9.17, 15) is 4.79 Å². The first kappa shape index (κ1) is 27.7. The number of aryl methyl sites for hydroxylation is 1. The second-order valence-electron chi connectivity index (χ2n) is 11.7. The number of carbonyl (C=O) groups excluding carboxylic acids is 1. The fraction of sp³-hybridized carbons (Fsp3) is 0.265. The number of benzene rings is 2. The molecule has 0 bridgehead atoms. The van der Waals surface area contributed by atoms with Crippen LogP contribution in [0.3, 0.4) is 0 Å². The Balaban J connectivity index is 1.05. The topological polar surface area (TPSA) is 79.4 Å². The minimum absolute atomic E-state index is 0.256. The van der Waals surface area contributed by atoms with Gasteiger partial charge in [-0.2, -0.15) is 5.10 Å². The van der Waals surface area contributed by atoms with Gasteiger partial charge in [0, 0.05) is 34.5 Å². The molecule has 0 spiro atoms. The Morgan fingerprint density at radius 2 is 1.86 bits per heavy atom. The van der Waals surface area contributed by atoms with Gasteiger partial charge in [0.05, 0.1) is 28.2 Å². The molecule has 2 heterocycles. The van der Waals surface area contributed by atoms with Crippen LogP contribution in [0.25, 0.3) is 22.2 Å². The normalized spacial score (nSPS) is 20.5. The summed E-state index contributed by atoms with van der Waals surface area (Å²) in [6, 6.07) is 11.5. The Morgan fingerprint density at radius 3 is 2.61 bits per heavy atom. The van der Waals surface area contributed by atoms with E-state index in [1.165, 1.54) is 12.7 Å². The summed E-state index contributed by atoms with van der Waals surface area (Å²) in [6.07, 6.45) is 9.31. The van der Waals surface area contributed by atoms with Crippen molar-refractivity contribution in [3.8, 4) is 11.3 Å². The summed E-state index contributed by atoms with van der Waals surface area (Å²) in [4.78, 5) is 12.2. The van der Waals surface area contributed by atoms with Crippen LogP contribution in [0.4, 0.5) is 0 Å². The van der Waals surface area contributed by atoms with Crippen molar-refractivity contribution in [1.82, 2.24) is 14.9 Å². The maximum atomic E-state index is 12.2. The van der Waals surface area contributed by atoms with E-state index in [1.54, 1.807) is 16.8 Å². The van der Waals surface area contributed by atoms with Gasteiger partial charge in [0.15, 0.2) is 5.69 Å². The molecule has 4 aliphatic rings. The zero-order chi connectivity index (χ0) is 30.3. The number of carbonyl (C=O) groups is 1. The third-order valence-corrected chi connectivity index (χ3v) is 9.81. The van der Waals surface area contributed by atoms with E-state index in [-0.39, 0.29) is 12.5 Å². The molecule has 2 aromatic heterocycles. The smallest absolute Gasteiger partial charge is 0.359 e. The van der Waals surface area contributed by atoms with Crippen LogP contribution in [0.15, 0.2) is 86.7 Å². The highest BCUT2D eigenvalue weighted by Gasteiger charge is 2.43. The highest BCUT2D eigenvalue weighted by molar-refractivity contribution is 6.39. The molecule has 222 valence electrons. The van der Waals surface area contributed by atoms with Crippen LogP contribution in [0.5, 0.6) is 0 Å². The molecule has 2 fully saturated rings. The van der Waals surface area contributed by atoms with Crippen LogP contribution in [-0.2, 0) is 23.1 Å². The van der Waals surface area contributed by atoms with E-state index in [0.717, 1.165) is 64.0 Å². The predicted octanol–water partition coefficient (Wildman–Crippen LogP) is 8.78. The maximum Gasteiger partial charge on any atom is 0.359 e. The van der Waals surface area contributed by atoms with Gasteiger partial charge in [-0.25, -0.2) is 4.79 Å². The summed E-state index contributed by atoms with van der Waals surface area (Å²) in [7, 11) is 3.20. The standard InChI is InChI=1S/C34H26Cl3N3O4/c1-40-28-12-17(8-9-19(28)32(38-40)34(41)42-2)20-13-22(20)23-11-18-10-21(18)29(14-27(23)37)43-15-24-31(39-44-33(24)16-6-7-16)30-25(35)4-3-5-26(30)36/h3-5,8-12,14,16,20,22H,6-7,13,15H2,1-2H3/t20-,22?/m1/s1. The minimum atomic E-state index is -0.441. The van der Waals surface area contributed by atoms with E-state index in [0.29, 0.717) is 43.9 Å². The van der Waals surface area contributed by atoms with Crippen LogP contribution in [-0.4, -0.2) is 28.0 Å². The number of fused-ring (bicyclic) bond motifs is 2. The molecule has 10 heteroatoms. The lowest BCUT2D eigenvalue weighted by atomic mass is 10.0. The molecule has 2 aromatic carbocycles. The second-order valence-corrected chi connectivity index (χ2v) is 12.9. The van der Waals surface area contributed by atoms with Crippen molar-refractivity contribution < 1.29 is 18.8 Å². The molecule has 7 nitrogen and oxygen atoms in total. The Kier molecular flexibility index (Phi) is 6.56. The number of aromatic nitrogens is 3. The Hall–Kier alpha value is -3.78. The van der Waals surface area contributed by atoms with Gasteiger partial charge in [0.25, 0.3) is 0 Å². The number of hydrogen-bond donors (Lipinski definition) is 0. The molecule has 0 radical (unpaired) electrons. The summed E-state index contributed by atoms with van der Waals surface area (Å²) < 4.78 is 18.9. The van der Waals surface area contributed by atoms with Crippen LogP contribution in [0.2, 0.25) is 10.0 Å². The van der Waals surface area contributed by atoms with Crippen LogP contribution in [0, 0.1) is 5.92 Å². The average Bonchev–Trinajstić information content (AvgIpc) is 3.92. The molecule has 0 amide bonds. The third-order valence-electron chi connectivity index (χ3n) is 8.85. The second kappa shape index (κ2) is 10.4. The highest BCUT2D eigenvalue weighted by Crippen LogP contribution is 2.56. The number of hydrogen-bond acceptors (Lipinski definition) is 6. The van der Waals surface area contributed by atoms with Gasteiger partial charge < -0.3 is 14.0 Å². The fourth-order valence-electron chi connectivity index (χ4n) is 6.23. The third kappa shape index (κ3) is 4.69. The van der Waals surface area contributed by atoms with E-state index in [1.807, 2.05) is 25.3 Å². The van der Waals surface area contributed by atoms with Gasteiger partial charge >= 0.3 is 5.97 Å². The molecule has 0 saturated heterocycles. The highest BCUT2D eigenvalue weighted by atomic mass is 35.5. The first-order valence-corrected chi connectivity index (χ1v) is 15.6. The number of nitrogens with zero attached hydrogens (tertiary/aromatic N) is 3. The van der Waals surface area contributed by atoms with Crippen molar-refractivity contribution >= 4 is 51.7 Å². The van der Waals surface area contributed by atoms with Gasteiger partial charge in [0.1, 0.15) is 23.8 Å². The molecular formula is C34H26Cl3N3O4. The Labute approximate surface area is 268 Å². The van der Waals surface area contributed by atoms with Crippen LogP contribution in [0.1, 0.15) is 58.5 Å². The van der Waals surface area contributed by atoms with E-state index < -0.39 is 5.97 Å². The quantitative estimate of drug-likeness (QED) is 0.178. The molecule has 2 atom stereocenters. The van der Waals surface area contributed by atoms with Gasteiger partial charge in [-0.3, -0.25) is 4.68 Å². The minimum Gasteiger partial charge on any atom is -0.488 e. The molecular weight excluding hydrogens is 621 g/mol. The lowest BCUT2D eigenvalue weighted by Gasteiger charge is -2.11. The van der Waals surface area contributed by atoms with Crippen LogP contribution < -0.4 is 0 Å². The molecule has 4 aliphatic carbocycles. The average molecular weight is 647 g/mol. The molecule has 8 rings (SSSR count). The van der Waals surface area contributed by atoms with Gasteiger partial charge in [-0.15, -0.1) is 0 Å². The van der Waals surface area contributed by atoms with Crippen molar-refractivity contribution in [1.29, 1.82) is 0 Å². The van der Waals surface area contributed by atoms with E-state index in [2.05, 4.69) is 34.5 Å². The molecule has 1 unspecified atom stereocenters. The van der Waals surface area contributed by atoms with Crippen molar-refractivity contribution in [2.75, 3.05) is 7.11 Å². The number of rotatable bonds is 8. The summed E-state index contributed by atoms with van der Waals surface area (Å²) in [6.45, 7) is 0.256. The lowest BCUT2D eigenvalue weighted by molar-refractivity contribution is 0.0595. The Bertz CT molecular complexity index is 2010. The van der Waals surface area contributed by atoms with E-state index >= 15 is 0 Å². The summed E-state index contributed by atoms with van der Waals surface area (Å²) in [5.41, 5.74) is 7.81. The van der Waals surface area contributed by atoms with E-state index in [4.69, 9.17) is 48.8 Å². The van der Waals surface area contributed by atoms with Gasteiger partial charge in [0.2, 0.25) is 0 Å². The SMILES string of the molecule is COC(=O)c1nn(C)c2cc([C@H]3CC3C3=C(Cl)C=C(OCc4c(-c5c(Cl)cccc5Cl)noc4C4CC4)C4=CC4=C3)ccc12. The van der Waals surface area contributed by atoms with Gasteiger partial charge in [-0.1, -0.05) is 58.2 Å². The zero-order valence-corrected chi connectivity index (χ0v) is 26.1.